The lowest BCUT2D eigenvalue weighted by molar-refractivity contribution is -0.176. The highest BCUT2D eigenvalue weighted by Gasteiger charge is 2.58. The van der Waals surface area contributed by atoms with Gasteiger partial charge in [-0.2, -0.15) is 0 Å². The number of hydrogen-bond acceptors (Lipinski definition) is 4. The Morgan fingerprint density at radius 3 is 2.40 bits per heavy atom. The standard InChI is InChI=1S/C18H37N3O3.HI/c1-8-19-16(20-10-14(22)12-24-11-13(2)3)21-15-9-18(6,23-7)17(15,4)5;/h13-15,22H,8-12H2,1-7H3,(H2,19,20,21);1H. The van der Waals surface area contributed by atoms with Crippen LogP contribution in [0.3, 0.4) is 0 Å². The van der Waals surface area contributed by atoms with Crippen molar-refractivity contribution in [3.63, 3.8) is 0 Å². The highest BCUT2D eigenvalue weighted by Crippen LogP contribution is 2.51. The number of nitrogens with zero attached hydrogens (tertiary/aromatic N) is 1. The Morgan fingerprint density at radius 2 is 1.92 bits per heavy atom. The van der Waals surface area contributed by atoms with Crippen molar-refractivity contribution in [3.05, 3.63) is 0 Å². The van der Waals surface area contributed by atoms with Crippen molar-refractivity contribution in [1.82, 2.24) is 10.6 Å². The first-order valence-electron chi connectivity index (χ1n) is 9.02. The van der Waals surface area contributed by atoms with Gasteiger partial charge in [0.1, 0.15) is 0 Å². The van der Waals surface area contributed by atoms with Crippen molar-refractivity contribution in [2.75, 3.05) is 33.4 Å². The Balaban J connectivity index is 0.00000576. The molecule has 3 atom stereocenters. The van der Waals surface area contributed by atoms with Gasteiger partial charge in [0, 0.05) is 31.7 Å². The largest absolute Gasteiger partial charge is 0.389 e. The van der Waals surface area contributed by atoms with Gasteiger partial charge in [0.15, 0.2) is 5.96 Å². The van der Waals surface area contributed by atoms with Gasteiger partial charge in [-0.05, 0) is 26.2 Å². The molecule has 1 saturated carbocycles. The van der Waals surface area contributed by atoms with Crippen LogP contribution in [0, 0.1) is 11.3 Å². The van der Waals surface area contributed by atoms with Crippen LogP contribution in [0.2, 0.25) is 0 Å². The number of aliphatic hydroxyl groups excluding tert-OH is 1. The first kappa shape index (κ1) is 24.9. The Labute approximate surface area is 170 Å². The molecule has 0 amide bonds. The van der Waals surface area contributed by atoms with Gasteiger partial charge in [-0.25, -0.2) is 0 Å². The highest BCUT2D eigenvalue weighted by molar-refractivity contribution is 14.0. The molecule has 0 radical (unpaired) electrons. The van der Waals surface area contributed by atoms with Crippen LogP contribution in [0.4, 0.5) is 0 Å². The molecule has 0 aromatic carbocycles. The van der Waals surface area contributed by atoms with E-state index in [1.807, 2.05) is 6.92 Å². The second-order valence-electron chi connectivity index (χ2n) is 7.86. The summed E-state index contributed by atoms with van der Waals surface area (Å²) in [5, 5.41) is 16.7. The second-order valence-corrected chi connectivity index (χ2v) is 7.86. The first-order valence-corrected chi connectivity index (χ1v) is 9.02. The summed E-state index contributed by atoms with van der Waals surface area (Å²) in [7, 11) is 1.77. The average molecular weight is 471 g/mol. The smallest absolute Gasteiger partial charge is 0.191 e. The molecule has 0 heterocycles. The maximum absolute atomic E-state index is 10.0. The van der Waals surface area contributed by atoms with Crippen molar-refractivity contribution in [1.29, 1.82) is 0 Å². The molecule has 0 bridgehead atoms. The Kier molecular flexibility index (Phi) is 10.8. The number of aliphatic imine (C=N–C) groups is 1. The van der Waals surface area contributed by atoms with Crippen LogP contribution in [0.15, 0.2) is 4.99 Å². The molecule has 1 rings (SSSR count). The topological polar surface area (TPSA) is 75.1 Å². The van der Waals surface area contributed by atoms with Crippen molar-refractivity contribution in [2.45, 2.75) is 65.7 Å². The zero-order chi connectivity index (χ0) is 18.4. The normalized spacial score (nSPS) is 26.6. The van der Waals surface area contributed by atoms with Gasteiger partial charge < -0.3 is 25.2 Å². The third-order valence-corrected chi connectivity index (χ3v) is 5.16. The van der Waals surface area contributed by atoms with Crippen LogP contribution in [-0.4, -0.2) is 62.2 Å². The Morgan fingerprint density at radius 1 is 1.28 bits per heavy atom. The fourth-order valence-electron chi connectivity index (χ4n) is 2.90. The van der Waals surface area contributed by atoms with E-state index in [1.165, 1.54) is 0 Å². The van der Waals surface area contributed by atoms with E-state index in [0.29, 0.717) is 25.7 Å². The molecule has 150 valence electrons. The number of methoxy groups -OCH3 is 1. The summed E-state index contributed by atoms with van der Waals surface area (Å²) < 4.78 is 11.1. The predicted molar refractivity (Wildman–Crippen MR) is 114 cm³/mol. The number of guanidine groups is 1. The van der Waals surface area contributed by atoms with Crippen LogP contribution >= 0.6 is 24.0 Å². The maximum Gasteiger partial charge on any atom is 0.191 e. The third kappa shape index (κ3) is 6.84. The number of hydrogen-bond donors (Lipinski definition) is 3. The summed E-state index contributed by atoms with van der Waals surface area (Å²) in [6.07, 6.45) is 0.346. The molecule has 7 heteroatoms. The highest BCUT2D eigenvalue weighted by atomic mass is 127. The van der Waals surface area contributed by atoms with Gasteiger partial charge in [0.25, 0.3) is 0 Å². The molecular weight excluding hydrogens is 433 g/mol. The van der Waals surface area contributed by atoms with Crippen molar-refractivity contribution >= 4 is 29.9 Å². The number of aliphatic hydroxyl groups is 1. The van der Waals surface area contributed by atoms with Crippen LogP contribution in [0.25, 0.3) is 0 Å². The zero-order valence-corrected chi connectivity index (χ0v) is 19.2. The third-order valence-electron chi connectivity index (χ3n) is 5.16. The molecule has 25 heavy (non-hydrogen) atoms. The Hall–Kier alpha value is -0.120. The monoisotopic (exact) mass is 471 g/mol. The van der Waals surface area contributed by atoms with E-state index in [1.54, 1.807) is 7.11 Å². The van der Waals surface area contributed by atoms with Crippen LogP contribution < -0.4 is 10.6 Å². The molecule has 6 nitrogen and oxygen atoms in total. The molecule has 3 unspecified atom stereocenters. The van der Waals surface area contributed by atoms with Crippen LogP contribution in [-0.2, 0) is 9.47 Å². The van der Waals surface area contributed by atoms with Gasteiger partial charge in [0.2, 0.25) is 0 Å². The molecule has 1 aliphatic carbocycles. The fraction of sp³-hybridized carbons (Fsp3) is 0.944. The molecule has 1 aliphatic rings. The quantitative estimate of drug-likeness (QED) is 0.274. The SMILES string of the molecule is CCNC(=NCC(O)COCC(C)C)NC1CC(C)(OC)C1(C)C.I. The molecule has 0 spiro atoms. The number of halogens is 1. The summed E-state index contributed by atoms with van der Waals surface area (Å²) >= 11 is 0. The van der Waals surface area contributed by atoms with Gasteiger partial charge in [0.05, 0.1) is 24.9 Å². The molecule has 0 aromatic heterocycles. The minimum absolute atomic E-state index is 0. The number of ether oxygens (including phenoxy) is 2. The molecule has 0 aliphatic heterocycles. The van der Waals surface area contributed by atoms with E-state index >= 15 is 0 Å². The van der Waals surface area contributed by atoms with Gasteiger partial charge >= 0.3 is 0 Å². The first-order chi connectivity index (χ1) is 11.2. The molecular formula is C18H38IN3O3. The predicted octanol–water partition coefficient (Wildman–Crippen LogP) is 2.40. The van der Waals surface area contributed by atoms with E-state index < -0.39 is 6.10 Å². The maximum atomic E-state index is 10.0. The minimum Gasteiger partial charge on any atom is -0.389 e. The second kappa shape index (κ2) is 10.9. The number of nitrogens with one attached hydrogen (secondary N) is 2. The van der Waals surface area contributed by atoms with Gasteiger partial charge in [-0.1, -0.05) is 27.7 Å². The molecule has 1 fully saturated rings. The van der Waals surface area contributed by atoms with Gasteiger partial charge in [-0.3, -0.25) is 4.99 Å². The Bertz CT molecular complexity index is 418. The molecule has 0 saturated heterocycles. The van der Waals surface area contributed by atoms with Gasteiger partial charge in [-0.15, -0.1) is 24.0 Å². The van der Waals surface area contributed by atoms with Crippen LogP contribution in [0.1, 0.15) is 48.0 Å². The lowest BCUT2D eigenvalue weighted by Gasteiger charge is -2.59. The van der Waals surface area contributed by atoms with E-state index in [-0.39, 0.29) is 41.0 Å². The average Bonchev–Trinajstić information content (AvgIpc) is 2.51. The zero-order valence-electron chi connectivity index (χ0n) is 16.9. The molecule has 3 N–H and O–H groups in total. The number of rotatable bonds is 9. The fourth-order valence-corrected chi connectivity index (χ4v) is 2.90. The summed E-state index contributed by atoms with van der Waals surface area (Å²) in [5.41, 5.74) is -0.108. The summed E-state index contributed by atoms with van der Waals surface area (Å²) in [5.74, 6) is 1.20. The van der Waals surface area contributed by atoms with Crippen LogP contribution in [0.5, 0.6) is 0 Å². The van der Waals surface area contributed by atoms with Crippen molar-refractivity contribution in [2.24, 2.45) is 16.3 Å². The summed E-state index contributed by atoms with van der Waals surface area (Å²) in [6.45, 7) is 14.8. The van der Waals surface area contributed by atoms with E-state index in [2.05, 4.69) is 50.2 Å². The summed E-state index contributed by atoms with van der Waals surface area (Å²) in [6, 6.07) is 0.287. The lowest BCUT2D eigenvalue weighted by Crippen LogP contribution is -2.69. The molecule has 0 aromatic rings. The van der Waals surface area contributed by atoms with Crippen molar-refractivity contribution in [3.8, 4) is 0 Å². The van der Waals surface area contributed by atoms with E-state index in [0.717, 1.165) is 18.9 Å². The lowest BCUT2D eigenvalue weighted by atomic mass is 9.56. The van der Waals surface area contributed by atoms with Crippen molar-refractivity contribution < 1.29 is 14.6 Å². The summed E-state index contributed by atoms with van der Waals surface area (Å²) in [4.78, 5) is 4.50. The van der Waals surface area contributed by atoms with E-state index in [9.17, 15) is 5.11 Å². The minimum atomic E-state index is -0.585. The van der Waals surface area contributed by atoms with E-state index in [4.69, 9.17) is 9.47 Å².